The van der Waals surface area contributed by atoms with E-state index in [-0.39, 0.29) is 18.6 Å². The molecule has 0 aliphatic rings. The van der Waals surface area contributed by atoms with E-state index in [0.29, 0.717) is 41.6 Å². The maximum absolute atomic E-state index is 12.5. The molecule has 0 spiro atoms. The number of tetrazole rings is 1. The van der Waals surface area contributed by atoms with Crippen molar-refractivity contribution in [3.05, 3.63) is 59.4 Å². The Bertz CT molecular complexity index is 1020. The van der Waals surface area contributed by atoms with Gasteiger partial charge < -0.3 is 19.5 Å². The van der Waals surface area contributed by atoms with E-state index in [1.54, 1.807) is 43.2 Å². The molecule has 0 atom stereocenters. The zero-order valence-electron chi connectivity index (χ0n) is 18.2. The number of methoxy groups -OCH3 is 2. The topological polar surface area (TPSA) is 100 Å². The third-order valence-electron chi connectivity index (χ3n) is 4.66. The monoisotopic (exact) mass is 425 g/mol. The van der Waals surface area contributed by atoms with Crippen LogP contribution in [0.4, 0.5) is 0 Å². The molecule has 0 radical (unpaired) electrons. The van der Waals surface area contributed by atoms with Crippen molar-refractivity contribution in [3.8, 4) is 17.2 Å². The number of nitrogens with one attached hydrogen (secondary N) is 1. The van der Waals surface area contributed by atoms with Gasteiger partial charge in [0.2, 0.25) is 0 Å². The van der Waals surface area contributed by atoms with E-state index in [1.807, 2.05) is 32.0 Å². The normalized spacial score (nSPS) is 10.7. The predicted octanol–water partition coefficient (Wildman–Crippen LogP) is 2.82. The van der Waals surface area contributed by atoms with E-state index >= 15 is 0 Å². The van der Waals surface area contributed by atoms with Crippen molar-refractivity contribution in [2.75, 3.05) is 20.8 Å². The minimum atomic E-state index is -0.169. The standard InChI is InChI=1S/C22H27N5O4/c1-15(2)27-21(24-25-26-27)14-31-18-7-5-6-17(13-18)22(28)23-11-10-16-8-9-19(29-3)20(12-16)30-4/h5-9,12-13,15H,10-11,14H2,1-4H3,(H,23,28). The Kier molecular flexibility index (Phi) is 7.42. The average Bonchev–Trinajstić information content (AvgIpc) is 3.26. The molecule has 1 N–H and O–H groups in total. The van der Waals surface area contributed by atoms with Crippen LogP contribution in [0.25, 0.3) is 0 Å². The van der Waals surface area contributed by atoms with Crippen LogP contribution < -0.4 is 19.5 Å². The van der Waals surface area contributed by atoms with Gasteiger partial charge >= 0.3 is 0 Å². The second kappa shape index (κ2) is 10.4. The molecule has 0 saturated carbocycles. The molecule has 1 amide bonds. The molecule has 0 aliphatic carbocycles. The van der Waals surface area contributed by atoms with Gasteiger partial charge in [-0.2, -0.15) is 0 Å². The van der Waals surface area contributed by atoms with E-state index in [2.05, 4.69) is 20.8 Å². The molecule has 0 bridgehead atoms. The molecule has 3 rings (SSSR count). The van der Waals surface area contributed by atoms with Gasteiger partial charge in [0.05, 0.1) is 20.3 Å². The lowest BCUT2D eigenvalue weighted by atomic mass is 10.1. The Hall–Kier alpha value is -3.62. The quantitative estimate of drug-likeness (QED) is 0.533. The first-order valence-corrected chi connectivity index (χ1v) is 10.0. The highest BCUT2D eigenvalue weighted by Gasteiger charge is 2.11. The third kappa shape index (κ3) is 5.71. The molecule has 0 fully saturated rings. The van der Waals surface area contributed by atoms with Crippen LogP contribution in [0.5, 0.6) is 17.2 Å². The molecule has 2 aromatic carbocycles. The first-order chi connectivity index (χ1) is 15.0. The lowest BCUT2D eigenvalue weighted by Gasteiger charge is -2.11. The van der Waals surface area contributed by atoms with Gasteiger partial charge in [-0.05, 0) is 66.6 Å². The summed E-state index contributed by atoms with van der Waals surface area (Å²) >= 11 is 0. The molecule has 3 aromatic rings. The van der Waals surface area contributed by atoms with Gasteiger partial charge in [-0.3, -0.25) is 4.79 Å². The summed E-state index contributed by atoms with van der Waals surface area (Å²) in [5.74, 6) is 2.37. The molecule has 164 valence electrons. The Labute approximate surface area is 181 Å². The minimum absolute atomic E-state index is 0.136. The van der Waals surface area contributed by atoms with E-state index in [9.17, 15) is 4.79 Å². The van der Waals surface area contributed by atoms with Crippen molar-refractivity contribution >= 4 is 5.91 Å². The van der Waals surface area contributed by atoms with Gasteiger partial charge in [-0.15, -0.1) is 5.10 Å². The van der Waals surface area contributed by atoms with Crippen LogP contribution in [0.2, 0.25) is 0 Å². The number of nitrogens with zero attached hydrogens (tertiary/aromatic N) is 4. The van der Waals surface area contributed by atoms with Crippen molar-refractivity contribution in [2.24, 2.45) is 0 Å². The zero-order chi connectivity index (χ0) is 22.2. The second-order valence-electron chi connectivity index (χ2n) is 7.15. The summed E-state index contributed by atoms with van der Waals surface area (Å²) in [7, 11) is 3.20. The Balaban J connectivity index is 1.54. The van der Waals surface area contributed by atoms with Crippen LogP contribution in [0, 0.1) is 0 Å². The van der Waals surface area contributed by atoms with E-state index < -0.39 is 0 Å². The van der Waals surface area contributed by atoms with Gasteiger partial charge in [0.25, 0.3) is 5.91 Å². The largest absolute Gasteiger partial charge is 0.493 e. The summed E-state index contributed by atoms with van der Waals surface area (Å²) in [6.45, 7) is 4.69. The maximum atomic E-state index is 12.5. The molecule has 1 aromatic heterocycles. The van der Waals surface area contributed by atoms with Crippen LogP contribution in [0.1, 0.15) is 41.6 Å². The molecule has 0 unspecified atom stereocenters. The smallest absolute Gasteiger partial charge is 0.251 e. The maximum Gasteiger partial charge on any atom is 0.251 e. The molecule has 0 aliphatic heterocycles. The highest BCUT2D eigenvalue weighted by Crippen LogP contribution is 2.27. The number of hydrogen-bond acceptors (Lipinski definition) is 7. The first-order valence-electron chi connectivity index (χ1n) is 10.0. The van der Waals surface area contributed by atoms with E-state index in [4.69, 9.17) is 14.2 Å². The van der Waals surface area contributed by atoms with Gasteiger partial charge in [0.15, 0.2) is 17.3 Å². The molecule has 9 nitrogen and oxygen atoms in total. The second-order valence-corrected chi connectivity index (χ2v) is 7.15. The van der Waals surface area contributed by atoms with Crippen LogP contribution in [0.15, 0.2) is 42.5 Å². The first kappa shape index (κ1) is 22.1. The minimum Gasteiger partial charge on any atom is -0.493 e. The van der Waals surface area contributed by atoms with Gasteiger partial charge in [-0.25, -0.2) is 4.68 Å². The predicted molar refractivity (Wildman–Crippen MR) is 115 cm³/mol. The molecule has 9 heteroatoms. The summed E-state index contributed by atoms with van der Waals surface area (Å²) in [6.07, 6.45) is 0.667. The number of benzene rings is 2. The van der Waals surface area contributed by atoms with Crippen molar-refractivity contribution in [1.29, 1.82) is 0 Å². The van der Waals surface area contributed by atoms with Crippen molar-refractivity contribution in [1.82, 2.24) is 25.5 Å². The number of hydrogen-bond donors (Lipinski definition) is 1. The lowest BCUT2D eigenvalue weighted by Crippen LogP contribution is -2.25. The zero-order valence-corrected chi connectivity index (χ0v) is 18.2. The third-order valence-corrected chi connectivity index (χ3v) is 4.66. The van der Waals surface area contributed by atoms with Crippen LogP contribution in [-0.4, -0.2) is 46.9 Å². The highest BCUT2D eigenvalue weighted by atomic mass is 16.5. The Morgan fingerprint density at radius 2 is 1.90 bits per heavy atom. The van der Waals surface area contributed by atoms with E-state index in [0.717, 1.165) is 5.56 Å². The summed E-state index contributed by atoms with van der Waals surface area (Å²) in [5.41, 5.74) is 1.56. The van der Waals surface area contributed by atoms with Gasteiger partial charge in [0.1, 0.15) is 12.4 Å². The van der Waals surface area contributed by atoms with Crippen LogP contribution in [-0.2, 0) is 13.0 Å². The fourth-order valence-corrected chi connectivity index (χ4v) is 3.04. The molecule has 0 saturated heterocycles. The van der Waals surface area contributed by atoms with Gasteiger partial charge in [0, 0.05) is 12.1 Å². The molecular weight excluding hydrogens is 398 g/mol. The lowest BCUT2D eigenvalue weighted by molar-refractivity contribution is 0.0953. The Morgan fingerprint density at radius 3 is 2.65 bits per heavy atom. The summed E-state index contributed by atoms with van der Waals surface area (Å²) in [4.78, 5) is 12.5. The van der Waals surface area contributed by atoms with Crippen molar-refractivity contribution in [2.45, 2.75) is 32.9 Å². The van der Waals surface area contributed by atoms with Crippen molar-refractivity contribution in [3.63, 3.8) is 0 Å². The number of aromatic nitrogens is 4. The van der Waals surface area contributed by atoms with Crippen LogP contribution >= 0.6 is 0 Å². The van der Waals surface area contributed by atoms with Crippen molar-refractivity contribution < 1.29 is 19.0 Å². The number of carbonyl (C=O) groups is 1. The SMILES string of the molecule is COc1ccc(CCNC(=O)c2cccc(OCc3nnnn3C(C)C)c2)cc1OC. The summed E-state index contributed by atoms with van der Waals surface area (Å²) < 4.78 is 18.0. The highest BCUT2D eigenvalue weighted by molar-refractivity contribution is 5.94. The van der Waals surface area contributed by atoms with Gasteiger partial charge in [-0.1, -0.05) is 12.1 Å². The number of amides is 1. The molecule has 1 heterocycles. The van der Waals surface area contributed by atoms with E-state index in [1.165, 1.54) is 0 Å². The number of rotatable bonds is 10. The molecule has 31 heavy (non-hydrogen) atoms. The fourth-order valence-electron chi connectivity index (χ4n) is 3.04. The molecular formula is C22H27N5O4. The fraction of sp³-hybridized carbons (Fsp3) is 0.364. The number of ether oxygens (including phenoxy) is 3. The summed E-state index contributed by atoms with van der Waals surface area (Å²) in [5, 5.41) is 14.5. The number of carbonyl (C=O) groups excluding carboxylic acids is 1. The average molecular weight is 425 g/mol. The van der Waals surface area contributed by atoms with Crippen LogP contribution in [0.3, 0.4) is 0 Å². The summed E-state index contributed by atoms with van der Waals surface area (Å²) in [6, 6.07) is 12.9. The Morgan fingerprint density at radius 1 is 1.10 bits per heavy atom.